The molecule has 6 aromatic carbocycles. The number of fused-ring (bicyclic) bond motifs is 10. The number of thiophene rings is 1. The molecule has 0 aliphatic carbocycles. The van der Waals surface area contributed by atoms with Crippen molar-refractivity contribution in [1.29, 1.82) is 0 Å². The van der Waals surface area contributed by atoms with Crippen LogP contribution in [0.4, 0.5) is 0 Å². The molecule has 4 heteroatoms. The third-order valence-electron chi connectivity index (χ3n) is 8.30. The summed E-state index contributed by atoms with van der Waals surface area (Å²) in [7, 11) is 0. The van der Waals surface area contributed by atoms with Crippen LogP contribution < -0.4 is 0 Å². The van der Waals surface area contributed by atoms with Crippen molar-refractivity contribution in [3.63, 3.8) is 0 Å². The minimum absolute atomic E-state index is 0.699. The summed E-state index contributed by atoms with van der Waals surface area (Å²) in [6.45, 7) is 0. The highest BCUT2D eigenvalue weighted by Gasteiger charge is 2.23. The van der Waals surface area contributed by atoms with E-state index in [1.807, 2.05) is 41.8 Å². The normalized spacial score (nSPS) is 11.7. The van der Waals surface area contributed by atoms with E-state index in [-0.39, 0.29) is 0 Å². The molecule has 0 unspecified atom stereocenters. The van der Waals surface area contributed by atoms with E-state index < -0.39 is 0 Å². The molecular formula is C39H23N3S. The standard InChI is InChI=1S/C39H23N3S/c1-3-13-24(14-4-1)36-30(23-40-39(42-36)25-15-5-2-6-16-25)37-34-27-18-8-7-17-26(27)33-29-20-10-12-22-32(29)43-38(33)35(34)28-19-9-11-21-31(28)41-37/h1-23H. The van der Waals surface area contributed by atoms with Crippen LogP contribution in [0.2, 0.25) is 0 Å². The van der Waals surface area contributed by atoms with E-state index in [9.17, 15) is 0 Å². The van der Waals surface area contributed by atoms with Gasteiger partial charge in [0.2, 0.25) is 0 Å². The van der Waals surface area contributed by atoms with Gasteiger partial charge in [0.05, 0.1) is 16.9 Å². The molecule has 0 bridgehead atoms. The highest BCUT2D eigenvalue weighted by Crippen LogP contribution is 2.48. The Morgan fingerprint density at radius 1 is 0.442 bits per heavy atom. The highest BCUT2D eigenvalue weighted by atomic mass is 32.1. The van der Waals surface area contributed by atoms with E-state index >= 15 is 0 Å². The van der Waals surface area contributed by atoms with Crippen molar-refractivity contribution in [2.75, 3.05) is 0 Å². The summed E-state index contributed by atoms with van der Waals surface area (Å²) in [5.74, 6) is 0.699. The van der Waals surface area contributed by atoms with Crippen molar-refractivity contribution in [2.24, 2.45) is 0 Å². The van der Waals surface area contributed by atoms with Crippen molar-refractivity contribution in [1.82, 2.24) is 15.0 Å². The van der Waals surface area contributed by atoms with Crippen molar-refractivity contribution in [3.05, 3.63) is 140 Å². The van der Waals surface area contributed by atoms with Crippen LogP contribution in [0.5, 0.6) is 0 Å². The van der Waals surface area contributed by atoms with Gasteiger partial charge < -0.3 is 0 Å². The van der Waals surface area contributed by atoms with Gasteiger partial charge in [0.1, 0.15) is 0 Å². The Balaban J connectivity index is 1.49. The van der Waals surface area contributed by atoms with E-state index in [0.29, 0.717) is 5.82 Å². The number of benzene rings is 6. The summed E-state index contributed by atoms with van der Waals surface area (Å²) in [5.41, 5.74) is 5.69. The van der Waals surface area contributed by atoms with Crippen LogP contribution in [0.1, 0.15) is 0 Å². The Hall–Kier alpha value is -5.45. The fourth-order valence-corrected chi connectivity index (χ4v) is 7.69. The lowest BCUT2D eigenvalue weighted by atomic mass is 9.91. The number of hydrogen-bond donors (Lipinski definition) is 0. The summed E-state index contributed by atoms with van der Waals surface area (Å²) < 4.78 is 2.58. The van der Waals surface area contributed by atoms with Crippen LogP contribution >= 0.6 is 11.3 Å². The number of para-hydroxylation sites is 1. The van der Waals surface area contributed by atoms with Gasteiger partial charge in [0.25, 0.3) is 0 Å². The molecule has 3 heterocycles. The third-order valence-corrected chi connectivity index (χ3v) is 9.49. The van der Waals surface area contributed by atoms with Gasteiger partial charge in [-0.2, -0.15) is 0 Å². The predicted octanol–water partition coefficient (Wildman–Crippen LogP) is 10.7. The Kier molecular flexibility index (Phi) is 5.37. The molecule has 0 fully saturated rings. The quantitative estimate of drug-likeness (QED) is 0.200. The van der Waals surface area contributed by atoms with E-state index in [1.165, 1.54) is 36.3 Å². The highest BCUT2D eigenvalue weighted by molar-refractivity contribution is 7.27. The summed E-state index contributed by atoms with van der Waals surface area (Å²) in [6.07, 6.45) is 1.97. The Morgan fingerprint density at radius 2 is 1.05 bits per heavy atom. The summed E-state index contributed by atoms with van der Waals surface area (Å²) in [5, 5.41) is 8.57. The zero-order chi connectivity index (χ0) is 28.3. The summed E-state index contributed by atoms with van der Waals surface area (Å²) >= 11 is 1.87. The van der Waals surface area contributed by atoms with Gasteiger partial charge in [-0.25, -0.2) is 15.0 Å². The fraction of sp³-hybridized carbons (Fsp3) is 0. The summed E-state index contributed by atoms with van der Waals surface area (Å²) in [4.78, 5) is 15.5. The lowest BCUT2D eigenvalue weighted by molar-refractivity contribution is 1.18. The first-order chi connectivity index (χ1) is 21.3. The average molecular weight is 566 g/mol. The number of nitrogens with zero attached hydrogens (tertiary/aromatic N) is 3. The van der Waals surface area contributed by atoms with Gasteiger partial charge in [0.15, 0.2) is 5.82 Å². The molecule has 43 heavy (non-hydrogen) atoms. The molecule has 9 aromatic rings. The Bertz CT molecular complexity index is 2500. The molecule has 0 atom stereocenters. The third kappa shape index (κ3) is 3.70. The molecule has 3 nitrogen and oxygen atoms in total. The minimum atomic E-state index is 0.699. The molecule has 9 rings (SSSR count). The van der Waals surface area contributed by atoms with Crippen molar-refractivity contribution in [2.45, 2.75) is 0 Å². The second kappa shape index (κ2) is 9.55. The largest absolute Gasteiger partial charge is 0.247 e. The van der Waals surface area contributed by atoms with Crippen LogP contribution in [0.3, 0.4) is 0 Å². The Labute approximate surface area is 251 Å². The lowest BCUT2D eigenvalue weighted by Crippen LogP contribution is -1.99. The van der Waals surface area contributed by atoms with Crippen LogP contribution in [0.15, 0.2) is 140 Å². The molecule has 0 aliphatic heterocycles. The monoisotopic (exact) mass is 565 g/mol. The van der Waals surface area contributed by atoms with E-state index in [4.69, 9.17) is 15.0 Å². The van der Waals surface area contributed by atoms with Crippen LogP contribution in [0, 0.1) is 0 Å². The first-order valence-electron chi connectivity index (χ1n) is 14.4. The van der Waals surface area contributed by atoms with Gasteiger partial charge in [-0.1, -0.05) is 121 Å². The second-order valence-corrected chi connectivity index (χ2v) is 11.8. The molecule has 0 radical (unpaired) electrons. The van der Waals surface area contributed by atoms with Gasteiger partial charge in [0, 0.05) is 59.2 Å². The molecular weight excluding hydrogens is 543 g/mol. The predicted molar refractivity (Wildman–Crippen MR) is 182 cm³/mol. The van der Waals surface area contributed by atoms with Crippen molar-refractivity contribution < 1.29 is 0 Å². The van der Waals surface area contributed by atoms with E-state index in [2.05, 4.69) is 109 Å². The maximum atomic E-state index is 5.40. The molecule has 0 saturated carbocycles. The van der Waals surface area contributed by atoms with Gasteiger partial charge in [-0.3, -0.25) is 0 Å². The minimum Gasteiger partial charge on any atom is -0.247 e. The Morgan fingerprint density at radius 3 is 1.81 bits per heavy atom. The first kappa shape index (κ1) is 24.2. The van der Waals surface area contributed by atoms with Gasteiger partial charge in [-0.05, 0) is 22.9 Å². The number of pyridine rings is 1. The molecule has 0 N–H and O–H groups in total. The zero-order valence-corrected chi connectivity index (χ0v) is 23.8. The topological polar surface area (TPSA) is 38.7 Å². The maximum Gasteiger partial charge on any atom is 0.159 e. The average Bonchev–Trinajstić information content (AvgIpc) is 3.48. The van der Waals surface area contributed by atoms with E-state index in [1.54, 1.807) is 0 Å². The first-order valence-corrected chi connectivity index (χ1v) is 15.2. The summed E-state index contributed by atoms with van der Waals surface area (Å²) in [6, 6.07) is 46.6. The van der Waals surface area contributed by atoms with Crippen LogP contribution in [-0.4, -0.2) is 15.0 Å². The molecule has 0 amide bonds. The van der Waals surface area contributed by atoms with Crippen molar-refractivity contribution >= 4 is 64.0 Å². The fourth-order valence-electron chi connectivity index (χ4n) is 6.41. The smallest absolute Gasteiger partial charge is 0.159 e. The molecule has 0 spiro atoms. The second-order valence-electron chi connectivity index (χ2n) is 10.8. The molecule has 3 aromatic heterocycles. The molecule has 0 saturated heterocycles. The van der Waals surface area contributed by atoms with Crippen molar-refractivity contribution in [3.8, 4) is 33.9 Å². The maximum absolute atomic E-state index is 5.40. The number of rotatable bonds is 3. The van der Waals surface area contributed by atoms with Crippen LogP contribution in [0.25, 0.3) is 86.5 Å². The SMILES string of the molecule is c1ccc(-c2ncc(-c3nc4ccccc4c4c5sc6ccccc6c5c5ccccc5c34)c(-c3ccccc3)n2)cc1. The number of aromatic nitrogens is 3. The molecule has 0 aliphatic rings. The van der Waals surface area contributed by atoms with E-state index in [0.717, 1.165) is 44.4 Å². The van der Waals surface area contributed by atoms with Gasteiger partial charge in [-0.15, -0.1) is 11.3 Å². The van der Waals surface area contributed by atoms with Gasteiger partial charge >= 0.3 is 0 Å². The van der Waals surface area contributed by atoms with Crippen LogP contribution in [-0.2, 0) is 0 Å². The number of hydrogen-bond acceptors (Lipinski definition) is 4. The zero-order valence-electron chi connectivity index (χ0n) is 23.0. The molecule has 200 valence electrons. The lowest BCUT2D eigenvalue weighted by Gasteiger charge is -2.17.